The van der Waals surface area contributed by atoms with Gasteiger partial charge in [-0.1, -0.05) is 19.0 Å². The van der Waals surface area contributed by atoms with Gasteiger partial charge in [-0.15, -0.1) is 0 Å². The molecule has 0 spiro atoms. The Labute approximate surface area is 59.7 Å². The van der Waals surface area contributed by atoms with Crippen LogP contribution in [0, 0.1) is 5.92 Å². The fourth-order valence-corrected chi connectivity index (χ4v) is 0.783. The van der Waals surface area contributed by atoms with E-state index in [2.05, 4.69) is 23.5 Å². The summed E-state index contributed by atoms with van der Waals surface area (Å²) in [6.45, 7) is 4.13. The summed E-state index contributed by atoms with van der Waals surface area (Å²) >= 11 is 0. The van der Waals surface area contributed by atoms with E-state index in [1.165, 1.54) is 6.26 Å². The molecular formula is C7H11NO2. The van der Waals surface area contributed by atoms with Crippen LogP contribution in [0.25, 0.3) is 0 Å². The molecule has 0 bridgehead atoms. The van der Waals surface area contributed by atoms with E-state index in [9.17, 15) is 0 Å². The largest absolute Gasteiger partial charge is 0.503 e. The zero-order valence-electron chi connectivity index (χ0n) is 6.16. The van der Waals surface area contributed by atoms with Gasteiger partial charge in [0.1, 0.15) is 5.69 Å². The van der Waals surface area contributed by atoms with Crippen LogP contribution >= 0.6 is 0 Å². The lowest BCUT2D eigenvalue weighted by Gasteiger charge is -1.98. The smallest absolute Gasteiger partial charge is 0.178 e. The molecular weight excluding hydrogens is 130 g/mol. The third kappa shape index (κ3) is 1.50. The molecule has 0 amide bonds. The summed E-state index contributed by atoms with van der Waals surface area (Å²) in [5, 5.41) is 12.7. The molecule has 56 valence electrons. The van der Waals surface area contributed by atoms with Gasteiger partial charge in [-0.25, -0.2) is 0 Å². The lowest BCUT2D eigenvalue weighted by molar-refractivity contribution is 0.402. The third-order valence-electron chi connectivity index (χ3n) is 1.22. The van der Waals surface area contributed by atoms with Crippen LogP contribution in [-0.4, -0.2) is 10.3 Å². The molecule has 1 aromatic rings. The van der Waals surface area contributed by atoms with E-state index in [0.29, 0.717) is 11.6 Å². The van der Waals surface area contributed by atoms with E-state index in [1.807, 2.05) is 0 Å². The monoisotopic (exact) mass is 141 g/mol. The Balaban J connectivity index is 2.65. The van der Waals surface area contributed by atoms with Crippen molar-refractivity contribution >= 4 is 0 Å². The lowest BCUT2D eigenvalue weighted by Crippen LogP contribution is -1.93. The Morgan fingerprint density at radius 2 is 2.40 bits per heavy atom. The highest BCUT2D eigenvalue weighted by molar-refractivity contribution is 5.19. The van der Waals surface area contributed by atoms with Gasteiger partial charge in [-0.05, 0) is 12.3 Å². The zero-order valence-corrected chi connectivity index (χ0v) is 6.16. The highest BCUT2D eigenvalue weighted by Gasteiger charge is 2.06. The predicted octanol–water partition coefficient (Wildman–Crippen LogP) is 1.58. The average molecular weight is 141 g/mol. The summed E-state index contributed by atoms with van der Waals surface area (Å²) < 4.78 is 4.55. The standard InChI is InChI=1S/C7H11NO2/c1-5(2)3-6-7(9)4-10-8-6/h4-5,9H,3H2,1-2H3. The molecule has 0 atom stereocenters. The van der Waals surface area contributed by atoms with Crippen LogP contribution in [0.4, 0.5) is 0 Å². The SMILES string of the molecule is CC(C)Cc1nocc1O. The molecule has 1 aromatic heterocycles. The Morgan fingerprint density at radius 3 is 2.80 bits per heavy atom. The first-order valence-electron chi connectivity index (χ1n) is 3.32. The Morgan fingerprint density at radius 1 is 1.70 bits per heavy atom. The van der Waals surface area contributed by atoms with Crippen molar-refractivity contribution in [1.82, 2.24) is 5.16 Å². The Bertz CT molecular complexity index is 205. The number of aromatic hydroxyl groups is 1. The maximum absolute atomic E-state index is 9.04. The number of hydrogen-bond donors (Lipinski definition) is 1. The molecule has 0 saturated heterocycles. The quantitative estimate of drug-likeness (QED) is 0.680. The van der Waals surface area contributed by atoms with Crippen molar-refractivity contribution in [3.05, 3.63) is 12.0 Å². The van der Waals surface area contributed by atoms with Gasteiger partial charge in [0.25, 0.3) is 0 Å². The van der Waals surface area contributed by atoms with Gasteiger partial charge in [-0.2, -0.15) is 0 Å². The Hall–Kier alpha value is -0.990. The summed E-state index contributed by atoms with van der Waals surface area (Å²) in [4.78, 5) is 0. The van der Waals surface area contributed by atoms with Crippen LogP contribution in [0.15, 0.2) is 10.8 Å². The summed E-state index contributed by atoms with van der Waals surface area (Å²) in [6, 6.07) is 0. The normalized spacial score (nSPS) is 10.7. The van der Waals surface area contributed by atoms with Crippen LogP contribution in [0.1, 0.15) is 19.5 Å². The van der Waals surface area contributed by atoms with Gasteiger partial charge in [-0.3, -0.25) is 0 Å². The van der Waals surface area contributed by atoms with Crippen LogP contribution in [0.2, 0.25) is 0 Å². The van der Waals surface area contributed by atoms with Crippen molar-refractivity contribution in [1.29, 1.82) is 0 Å². The molecule has 0 unspecified atom stereocenters. The highest BCUT2D eigenvalue weighted by atomic mass is 16.5. The third-order valence-corrected chi connectivity index (χ3v) is 1.22. The molecule has 0 aliphatic heterocycles. The van der Waals surface area contributed by atoms with Crippen LogP contribution < -0.4 is 0 Å². The highest BCUT2D eigenvalue weighted by Crippen LogP contribution is 2.17. The van der Waals surface area contributed by atoms with Crippen molar-refractivity contribution in [3.63, 3.8) is 0 Å². The number of nitrogens with zero attached hydrogens (tertiary/aromatic N) is 1. The summed E-state index contributed by atoms with van der Waals surface area (Å²) in [6.07, 6.45) is 2.01. The number of hydrogen-bond acceptors (Lipinski definition) is 3. The molecule has 0 saturated carbocycles. The van der Waals surface area contributed by atoms with E-state index in [0.717, 1.165) is 6.42 Å². The van der Waals surface area contributed by atoms with E-state index in [-0.39, 0.29) is 5.75 Å². The molecule has 0 aliphatic carbocycles. The van der Waals surface area contributed by atoms with Crippen molar-refractivity contribution in [2.24, 2.45) is 5.92 Å². The van der Waals surface area contributed by atoms with E-state index in [1.54, 1.807) is 0 Å². The molecule has 0 radical (unpaired) electrons. The van der Waals surface area contributed by atoms with Gasteiger partial charge < -0.3 is 9.63 Å². The fraction of sp³-hybridized carbons (Fsp3) is 0.571. The van der Waals surface area contributed by atoms with Gasteiger partial charge in [0.2, 0.25) is 0 Å². The fourth-order valence-electron chi connectivity index (χ4n) is 0.783. The first-order valence-corrected chi connectivity index (χ1v) is 3.32. The van der Waals surface area contributed by atoms with Gasteiger partial charge in [0, 0.05) is 0 Å². The van der Waals surface area contributed by atoms with Crippen molar-refractivity contribution in [2.45, 2.75) is 20.3 Å². The molecule has 1 rings (SSSR count). The molecule has 1 N–H and O–H groups in total. The Kier molecular flexibility index (Phi) is 1.94. The number of aromatic nitrogens is 1. The van der Waals surface area contributed by atoms with E-state index in [4.69, 9.17) is 5.11 Å². The zero-order chi connectivity index (χ0) is 7.56. The number of rotatable bonds is 2. The second-order valence-electron chi connectivity index (χ2n) is 2.74. The molecule has 0 aliphatic rings. The topological polar surface area (TPSA) is 46.3 Å². The second kappa shape index (κ2) is 2.73. The molecule has 3 nitrogen and oxygen atoms in total. The molecule has 0 aromatic carbocycles. The van der Waals surface area contributed by atoms with Gasteiger partial charge >= 0.3 is 0 Å². The van der Waals surface area contributed by atoms with Crippen LogP contribution in [0.5, 0.6) is 5.75 Å². The van der Waals surface area contributed by atoms with Gasteiger partial charge in [0.15, 0.2) is 12.0 Å². The van der Waals surface area contributed by atoms with Crippen molar-refractivity contribution in [2.75, 3.05) is 0 Å². The minimum atomic E-state index is 0.161. The van der Waals surface area contributed by atoms with Gasteiger partial charge in [0.05, 0.1) is 0 Å². The van der Waals surface area contributed by atoms with Crippen molar-refractivity contribution in [3.8, 4) is 5.75 Å². The molecule has 1 heterocycles. The molecule has 0 fully saturated rings. The predicted molar refractivity (Wildman–Crippen MR) is 36.7 cm³/mol. The molecule has 3 heteroatoms. The summed E-state index contributed by atoms with van der Waals surface area (Å²) in [7, 11) is 0. The lowest BCUT2D eigenvalue weighted by atomic mass is 10.1. The summed E-state index contributed by atoms with van der Waals surface area (Å²) in [5.41, 5.74) is 0.648. The summed E-state index contributed by atoms with van der Waals surface area (Å²) in [5.74, 6) is 0.657. The van der Waals surface area contributed by atoms with E-state index >= 15 is 0 Å². The molecule has 10 heavy (non-hydrogen) atoms. The maximum atomic E-state index is 9.04. The first kappa shape index (κ1) is 7.12. The van der Waals surface area contributed by atoms with E-state index < -0.39 is 0 Å². The first-order chi connectivity index (χ1) is 4.70. The van der Waals surface area contributed by atoms with Crippen molar-refractivity contribution < 1.29 is 9.63 Å². The minimum absolute atomic E-state index is 0.161. The second-order valence-corrected chi connectivity index (χ2v) is 2.74. The maximum Gasteiger partial charge on any atom is 0.178 e. The average Bonchev–Trinajstić information content (AvgIpc) is 2.15. The van der Waals surface area contributed by atoms with Crippen LogP contribution in [0.3, 0.4) is 0 Å². The van der Waals surface area contributed by atoms with Crippen LogP contribution in [-0.2, 0) is 6.42 Å². The minimum Gasteiger partial charge on any atom is -0.503 e.